The van der Waals surface area contributed by atoms with Gasteiger partial charge in [0.1, 0.15) is 34.7 Å². The number of imidazole rings is 1. The number of H-pyrrole nitrogens is 1. The summed E-state index contributed by atoms with van der Waals surface area (Å²) in [6.07, 6.45) is 0. The number of halogens is 1. The molecule has 1 aliphatic rings. The van der Waals surface area contributed by atoms with Gasteiger partial charge in [0.2, 0.25) is 0 Å². The Labute approximate surface area is 154 Å². The topological polar surface area (TPSA) is 94.5 Å². The Kier molecular flexibility index (Phi) is 3.95. The Morgan fingerprint density at radius 2 is 2.00 bits per heavy atom. The fraction of sp³-hybridized carbons (Fsp3) is 0.158. The number of ether oxygens (including phenoxy) is 2. The zero-order valence-electron chi connectivity index (χ0n) is 14.7. The first-order chi connectivity index (χ1) is 13.0. The van der Waals surface area contributed by atoms with Crippen LogP contribution in [0.3, 0.4) is 0 Å². The van der Waals surface area contributed by atoms with Crippen LogP contribution in [0.1, 0.15) is 5.82 Å². The van der Waals surface area contributed by atoms with Crippen LogP contribution in [0, 0.1) is 11.2 Å². The van der Waals surface area contributed by atoms with Crippen LogP contribution < -0.4 is 14.4 Å². The van der Waals surface area contributed by atoms with Gasteiger partial charge in [-0.2, -0.15) is 0 Å². The van der Waals surface area contributed by atoms with Crippen molar-refractivity contribution in [2.75, 3.05) is 25.7 Å². The molecule has 0 spiro atoms. The lowest BCUT2D eigenvalue weighted by Gasteiger charge is -2.21. The normalized spacial score (nSPS) is 14.3. The molecule has 0 aliphatic carbocycles. The molecule has 1 aliphatic heterocycles. The maximum Gasteiger partial charge on any atom is 0.145 e. The Hall–Kier alpha value is -3.55. The average molecular weight is 368 g/mol. The molecule has 0 bridgehead atoms. The first kappa shape index (κ1) is 16.9. The van der Waals surface area contributed by atoms with Gasteiger partial charge in [-0.25, -0.2) is 9.37 Å². The number of aromatic nitrogens is 2. The van der Waals surface area contributed by atoms with Gasteiger partial charge in [-0.15, -0.1) is 0 Å². The van der Waals surface area contributed by atoms with Gasteiger partial charge in [-0.3, -0.25) is 5.41 Å². The number of aromatic amines is 1. The molecule has 8 heteroatoms. The van der Waals surface area contributed by atoms with Gasteiger partial charge in [0, 0.05) is 6.07 Å². The Balaban J connectivity index is 1.75. The zero-order chi connectivity index (χ0) is 19.1. The number of amidine groups is 1. The second-order valence-electron chi connectivity index (χ2n) is 6.04. The van der Waals surface area contributed by atoms with Crippen LogP contribution in [-0.2, 0) is 0 Å². The van der Waals surface area contributed by atoms with Crippen LogP contribution in [-0.4, -0.2) is 41.7 Å². The molecule has 4 rings (SSSR count). The molecular formula is C19H17FN4O3. The van der Waals surface area contributed by atoms with Crippen LogP contribution in [0.25, 0.3) is 16.6 Å². The van der Waals surface area contributed by atoms with E-state index < -0.39 is 0 Å². The summed E-state index contributed by atoms with van der Waals surface area (Å²) in [7, 11) is 3.09. The van der Waals surface area contributed by atoms with Gasteiger partial charge in [0.15, 0.2) is 0 Å². The van der Waals surface area contributed by atoms with E-state index in [-0.39, 0.29) is 29.5 Å². The number of hydrogen-bond donors (Lipinski definition) is 3. The molecule has 2 heterocycles. The summed E-state index contributed by atoms with van der Waals surface area (Å²) in [5.74, 6) is 1.11. The quantitative estimate of drug-likeness (QED) is 0.655. The lowest BCUT2D eigenvalue weighted by Crippen LogP contribution is -2.26. The summed E-state index contributed by atoms with van der Waals surface area (Å²) >= 11 is 0. The highest BCUT2D eigenvalue weighted by Crippen LogP contribution is 2.38. The Bertz CT molecular complexity index is 1090. The molecule has 0 amide bonds. The van der Waals surface area contributed by atoms with Crippen molar-refractivity contribution in [3.05, 3.63) is 53.8 Å². The Morgan fingerprint density at radius 3 is 2.74 bits per heavy atom. The predicted octanol–water partition coefficient (Wildman–Crippen LogP) is 3.49. The number of aliphatic hydroxyl groups is 1. The molecule has 0 saturated carbocycles. The smallest absolute Gasteiger partial charge is 0.145 e. The van der Waals surface area contributed by atoms with Crippen molar-refractivity contribution in [2.45, 2.75) is 0 Å². The fourth-order valence-corrected chi connectivity index (χ4v) is 3.14. The number of aliphatic hydroxyl groups excluding tert-OH is 1. The number of nitrogens with zero attached hydrogens (tertiary/aromatic N) is 2. The standard InChI is InChI=1S/C19H17FN4O3/c1-26-11-4-6-16(27-2)14(8-11)24-9-15(25)17(18(24)21)19-22-12-5-3-10(20)7-13(12)23-19/h3-8,21,25H,9H2,1-2H3,(H,22,23). The molecule has 3 N–H and O–H groups in total. The van der Waals surface area contributed by atoms with Gasteiger partial charge in [-0.1, -0.05) is 0 Å². The number of rotatable bonds is 4. The SMILES string of the molecule is COc1ccc(OC)c(N2CC(O)=C(c3nc4ccc(F)cc4[nH]3)C2=N)c1. The molecule has 138 valence electrons. The third-order valence-corrected chi connectivity index (χ3v) is 4.46. The summed E-state index contributed by atoms with van der Waals surface area (Å²) in [6, 6.07) is 9.41. The summed E-state index contributed by atoms with van der Waals surface area (Å²) < 4.78 is 24.1. The molecule has 0 unspecified atom stereocenters. The summed E-state index contributed by atoms with van der Waals surface area (Å²) in [6.45, 7) is 0.0864. The van der Waals surface area contributed by atoms with E-state index in [4.69, 9.17) is 14.9 Å². The van der Waals surface area contributed by atoms with E-state index in [2.05, 4.69) is 9.97 Å². The lowest BCUT2D eigenvalue weighted by molar-refractivity contribution is 0.400. The van der Waals surface area contributed by atoms with E-state index in [1.807, 2.05) is 0 Å². The Morgan fingerprint density at radius 1 is 1.19 bits per heavy atom. The molecule has 27 heavy (non-hydrogen) atoms. The van der Waals surface area contributed by atoms with Gasteiger partial charge >= 0.3 is 0 Å². The molecule has 0 atom stereocenters. The number of methoxy groups -OCH3 is 2. The molecule has 1 aromatic heterocycles. The number of anilines is 1. The van der Waals surface area contributed by atoms with Crippen LogP contribution in [0.5, 0.6) is 11.5 Å². The maximum absolute atomic E-state index is 13.4. The molecule has 7 nitrogen and oxygen atoms in total. The zero-order valence-corrected chi connectivity index (χ0v) is 14.7. The highest BCUT2D eigenvalue weighted by molar-refractivity contribution is 6.30. The van der Waals surface area contributed by atoms with E-state index >= 15 is 0 Å². The van der Waals surface area contributed by atoms with Gasteiger partial charge in [-0.05, 0) is 30.3 Å². The van der Waals surface area contributed by atoms with E-state index in [0.717, 1.165) is 0 Å². The second kappa shape index (κ2) is 6.31. The van der Waals surface area contributed by atoms with Gasteiger partial charge in [0.05, 0.1) is 43.1 Å². The van der Waals surface area contributed by atoms with Crippen LogP contribution >= 0.6 is 0 Å². The summed E-state index contributed by atoms with van der Waals surface area (Å²) in [4.78, 5) is 8.94. The summed E-state index contributed by atoms with van der Waals surface area (Å²) in [5, 5.41) is 19.1. The van der Waals surface area contributed by atoms with Crippen molar-refractivity contribution >= 4 is 28.1 Å². The first-order valence-electron chi connectivity index (χ1n) is 8.18. The minimum Gasteiger partial charge on any atom is -0.509 e. The number of benzene rings is 2. The largest absolute Gasteiger partial charge is 0.509 e. The molecule has 0 saturated heterocycles. The van der Waals surface area contributed by atoms with Crippen LogP contribution in [0.2, 0.25) is 0 Å². The monoisotopic (exact) mass is 368 g/mol. The van der Waals surface area contributed by atoms with E-state index in [1.54, 1.807) is 36.3 Å². The van der Waals surface area contributed by atoms with Crippen LogP contribution in [0.15, 0.2) is 42.2 Å². The predicted molar refractivity (Wildman–Crippen MR) is 100 cm³/mol. The highest BCUT2D eigenvalue weighted by Gasteiger charge is 2.33. The highest BCUT2D eigenvalue weighted by atomic mass is 19.1. The minimum absolute atomic E-state index is 0.00981. The minimum atomic E-state index is -0.389. The van der Waals surface area contributed by atoms with Crippen LogP contribution in [0.4, 0.5) is 10.1 Å². The molecule has 0 fully saturated rings. The van der Waals surface area contributed by atoms with Gasteiger partial charge < -0.3 is 24.5 Å². The molecule has 3 aromatic rings. The lowest BCUT2D eigenvalue weighted by atomic mass is 10.2. The van der Waals surface area contributed by atoms with Crippen molar-refractivity contribution < 1.29 is 19.0 Å². The van der Waals surface area contributed by atoms with E-state index in [1.165, 1.54) is 19.2 Å². The number of hydrogen-bond acceptors (Lipinski definition) is 5. The fourth-order valence-electron chi connectivity index (χ4n) is 3.14. The first-order valence-corrected chi connectivity index (χ1v) is 8.18. The van der Waals surface area contributed by atoms with Gasteiger partial charge in [0.25, 0.3) is 0 Å². The number of fused-ring (bicyclic) bond motifs is 1. The second-order valence-corrected chi connectivity index (χ2v) is 6.04. The van der Waals surface area contributed by atoms with Crippen molar-refractivity contribution in [1.29, 1.82) is 5.41 Å². The average Bonchev–Trinajstić information content (AvgIpc) is 3.20. The maximum atomic E-state index is 13.4. The molecule has 2 aromatic carbocycles. The third kappa shape index (κ3) is 2.75. The molecular weight excluding hydrogens is 351 g/mol. The molecule has 0 radical (unpaired) electrons. The summed E-state index contributed by atoms with van der Waals surface area (Å²) in [5.41, 5.74) is 1.90. The van der Waals surface area contributed by atoms with Crippen molar-refractivity contribution in [3.8, 4) is 11.5 Å². The van der Waals surface area contributed by atoms with E-state index in [9.17, 15) is 9.50 Å². The van der Waals surface area contributed by atoms with Crippen molar-refractivity contribution in [3.63, 3.8) is 0 Å². The van der Waals surface area contributed by atoms with E-state index in [0.29, 0.717) is 34.0 Å². The van der Waals surface area contributed by atoms with Crippen molar-refractivity contribution in [1.82, 2.24) is 9.97 Å². The third-order valence-electron chi connectivity index (χ3n) is 4.46. The van der Waals surface area contributed by atoms with Crippen molar-refractivity contribution in [2.24, 2.45) is 0 Å². The number of nitrogens with one attached hydrogen (secondary N) is 2.